The number of carbonyl (C=O) groups is 2. The number of carbonyl (C=O) groups excluding carboxylic acids is 2. The van der Waals surface area contributed by atoms with E-state index in [1.54, 1.807) is 0 Å². The third kappa shape index (κ3) is 3.56. The van der Waals surface area contributed by atoms with Gasteiger partial charge in [0, 0.05) is 6.54 Å². The third-order valence-corrected chi connectivity index (χ3v) is 6.32. The highest BCUT2D eigenvalue weighted by atomic mass is 16.5. The molecule has 5 nitrogen and oxygen atoms in total. The lowest BCUT2D eigenvalue weighted by atomic mass is 9.74. The van der Waals surface area contributed by atoms with Gasteiger partial charge in [-0.1, -0.05) is 32.9 Å². The van der Waals surface area contributed by atoms with Gasteiger partial charge in [-0.2, -0.15) is 0 Å². The van der Waals surface area contributed by atoms with E-state index in [-0.39, 0.29) is 29.8 Å². The van der Waals surface area contributed by atoms with Crippen LogP contribution in [-0.4, -0.2) is 35.8 Å². The second kappa shape index (κ2) is 8.21. The summed E-state index contributed by atoms with van der Waals surface area (Å²) in [5.74, 6) is 1.42. The van der Waals surface area contributed by atoms with Crippen molar-refractivity contribution in [2.75, 3.05) is 13.2 Å². The molecule has 4 unspecified atom stereocenters. The Morgan fingerprint density at radius 2 is 2.00 bits per heavy atom. The maximum atomic E-state index is 13.6. The summed E-state index contributed by atoms with van der Waals surface area (Å²) < 4.78 is 12.0. The fourth-order valence-electron chi connectivity index (χ4n) is 4.94. The molecular weight excluding hydrogens is 366 g/mol. The molecule has 1 amide bonds. The van der Waals surface area contributed by atoms with Crippen LogP contribution in [0.1, 0.15) is 64.5 Å². The van der Waals surface area contributed by atoms with Gasteiger partial charge >= 0.3 is 0 Å². The predicted octanol–water partition coefficient (Wildman–Crippen LogP) is 4.43. The molecule has 0 saturated heterocycles. The Hall–Kier alpha value is -2.30. The maximum absolute atomic E-state index is 13.6. The second-order valence-corrected chi connectivity index (χ2v) is 8.61. The van der Waals surface area contributed by atoms with Crippen molar-refractivity contribution in [2.45, 2.75) is 65.0 Å². The first-order valence-corrected chi connectivity index (χ1v) is 11.0. The minimum absolute atomic E-state index is 0.111. The molecule has 156 valence electrons. The first kappa shape index (κ1) is 20.0. The van der Waals surface area contributed by atoms with E-state index in [1.807, 2.05) is 36.1 Å². The molecule has 4 atom stereocenters. The van der Waals surface area contributed by atoms with Crippen LogP contribution in [0.15, 0.2) is 35.6 Å². The first-order chi connectivity index (χ1) is 14.0. The van der Waals surface area contributed by atoms with Crippen molar-refractivity contribution in [2.24, 2.45) is 11.8 Å². The van der Waals surface area contributed by atoms with Crippen LogP contribution >= 0.6 is 0 Å². The van der Waals surface area contributed by atoms with Crippen molar-refractivity contribution < 1.29 is 19.1 Å². The Morgan fingerprint density at radius 1 is 1.17 bits per heavy atom. The molecule has 29 heavy (non-hydrogen) atoms. The normalized spacial score (nSPS) is 28.9. The maximum Gasteiger partial charge on any atom is 0.290 e. The van der Waals surface area contributed by atoms with E-state index >= 15 is 0 Å². The predicted molar refractivity (Wildman–Crippen MR) is 110 cm³/mol. The van der Waals surface area contributed by atoms with Crippen LogP contribution in [0.3, 0.4) is 0 Å². The van der Waals surface area contributed by atoms with Gasteiger partial charge in [-0.25, -0.2) is 0 Å². The summed E-state index contributed by atoms with van der Waals surface area (Å²) in [7, 11) is 0. The van der Waals surface area contributed by atoms with Gasteiger partial charge in [0.25, 0.3) is 5.91 Å². The van der Waals surface area contributed by atoms with Crippen molar-refractivity contribution in [3.63, 3.8) is 0 Å². The number of hydrogen-bond acceptors (Lipinski definition) is 4. The number of rotatable bonds is 6. The Kier molecular flexibility index (Phi) is 5.66. The molecule has 1 aliphatic carbocycles. The Labute approximate surface area is 173 Å². The lowest BCUT2D eigenvalue weighted by molar-refractivity contribution is -0.136. The van der Waals surface area contributed by atoms with Gasteiger partial charge in [0.1, 0.15) is 11.9 Å². The third-order valence-electron chi connectivity index (χ3n) is 6.32. The number of ketones is 1. The molecular formula is C24H31NO4. The summed E-state index contributed by atoms with van der Waals surface area (Å²) in [6, 6.07) is 7.43. The summed E-state index contributed by atoms with van der Waals surface area (Å²) >= 11 is 0. The summed E-state index contributed by atoms with van der Waals surface area (Å²) in [4.78, 5) is 28.6. The minimum atomic E-state index is -0.381. The van der Waals surface area contributed by atoms with E-state index in [1.165, 1.54) is 0 Å². The van der Waals surface area contributed by atoms with Crippen LogP contribution < -0.4 is 4.74 Å². The molecule has 0 spiro atoms. The van der Waals surface area contributed by atoms with Gasteiger partial charge < -0.3 is 14.4 Å². The van der Waals surface area contributed by atoms with E-state index in [4.69, 9.17) is 9.47 Å². The van der Waals surface area contributed by atoms with Crippen LogP contribution in [0.2, 0.25) is 0 Å². The Balaban J connectivity index is 1.73. The molecule has 1 fully saturated rings. The highest BCUT2D eigenvalue weighted by Gasteiger charge is 2.52. The Morgan fingerprint density at radius 3 is 2.76 bits per heavy atom. The summed E-state index contributed by atoms with van der Waals surface area (Å²) in [5.41, 5.74) is 1.48. The number of hydrogen-bond donors (Lipinski definition) is 0. The molecule has 2 heterocycles. The molecule has 1 saturated carbocycles. The van der Waals surface area contributed by atoms with Crippen LogP contribution in [0.25, 0.3) is 0 Å². The largest absolute Gasteiger partial charge is 0.494 e. The van der Waals surface area contributed by atoms with Crippen LogP contribution in [0, 0.1) is 11.8 Å². The van der Waals surface area contributed by atoms with E-state index in [2.05, 4.69) is 13.8 Å². The molecule has 0 radical (unpaired) electrons. The van der Waals surface area contributed by atoms with Crippen LogP contribution in [0.4, 0.5) is 0 Å². The highest BCUT2D eigenvalue weighted by molar-refractivity contribution is 6.11. The standard InChI is InChI=1S/C24H31NO4/c1-4-11-25-21(16-7-6-8-17(14-16)28-12-5-2)20-22(26)18-13-15(3)9-10-19(18)29-23(20)24(25)27/h6-8,14-15,18-19,21H,4-5,9-13H2,1-3H3. The van der Waals surface area contributed by atoms with Gasteiger partial charge in [-0.15, -0.1) is 0 Å². The first-order valence-electron chi connectivity index (χ1n) is 11.0. The van der Waals surface area contributed by atoms with E-state index < -0.39 is 0 Å². The average Bonchev–Trinajstić information content (AvgIpc) is 3.00. The van der Waals surface area contributed by atoms with Gasteiger partial charge in [0.05, 0.1) is 24.1 Å². The summed E-state index contributed by atoms with van der Waals surface area (Å²) in [5, 5.41) is 0. The van der Waals surface area contributed by atoms with E-state index in [0.717, 1.165) is 43.4 Å². The van der Waals surface area contributed by atoms with Crippen molar-refractivity contribution in [3.05, 3.63) is 41.2 Å². The average molecular weight is 398 g/mol. The lowest BCUT2D eigenvalue weighted by Gasteiger charge is -2.37. The molecule has 0 aromatic heterocycles. The highest BCUT2D eigenvalue weighted by Crippen LogP contribution is 2.47. The molecule has 0 bridgehead atoms. The topological polar surface area (TPSA) is 55.8 Å². The number of Topliss-reactive ketones (excluding diaryl/α,β-unsaturated/α-hetero) is 1. The number of ether oxygens (including phenoxy) is 2. The van der Waals surface area contributed by atoms with Crippen LogP contribution in [-0.2, 0) is 14.3 Å². The molecule has 1 aromatic carbocycles. The summed E-state index contributed by atoms with van der Waals surface area (Å²) in [6.45, 7) is 7.55. The van der Waals surface area contributed by atoms with Crippen molar-refractivity contribution in [1.82, 2.24) is 4.90 Å². The van der Waals surface area contributed by atoms with Gasteiger partial charge in [0.15, 0.2) is 11.5 Å². The fraction of sp³-hybridized carbons (Fsp3) is 0.583. The van der Waals surface area contributed by atoms with Crippen molar-refractivity contribution in [3.8, 4) is 5.75 Å². The van der Waals surface area contributed by atoms with Gasteiger partial charge in [-0.3, -0.25) is 9.59 Å². The zero-order chi connectivity index (χ0) is 20.5. The monoisotopic (exact) mass is 397 g/mol. The molecule has 0 N–H and O–H groups in total. The molecule has 4 rings (SSSR count). The van der Waals surface area contributed by atoms with E-state index in [9.17, 15) is 9.59 Å². The number of amides is 1. The second-order valence-electron chi connectivity index (χ2n) is 8.61. The fourth-order valence-corrected chi connectivity index (χ4v) is 4.94. The quantitative estimate of drug-likeness (QED) is 0.713. The smallest absolute Gasteiger partial charge is 0.290 e. The zero-order valence-electron chi connectivity index (χ0n) is 17.6. The number of fused-ring (bicyclic) bond motifs is 1. The minimum Gasteiger partial charge on any atom is -0.494 e. The zero-order valence-corrected chi connectivity index (χ0v) is 17.6. The molecule has 5 heteroatoms. The number of nitrogens with zero attached hydrogens (tertiary/aromatic N) is 1. The molecule has 1 aromatic rings. The number of benzene rings is 1. The lowest BCUT2D eigenvalue weighted by Crippen LogP contribution is -2.41. The van der Waals surface area contributed by atoms with Crippen LogP contribution in [0.5, 0.6) is 5.75 Å². The molecule has 2 aliphatic heterocycles. The van der Waals surface area contributed by atoms with Crippen molar-refractivity contribution >= 4 is 11.7 Å². The Bertz CT molecular complexity index is 830. The SMILES string of the molecule is CCCOc1cccc(C2C3=C(OC4CCC(C)CC4C3=O)C(=O)N2CCC)c1. The van der Waals surface area contributed by atoms with E-state index in [0.29, 0.717) is 30.4 Å². The molecule has 3 aliphatic rings. The van der Waals surface area contributed by atoms with Gasteiger partial charge in [-0.05, 0) is 55.7 Å². The van der Waals surface area contributed by atoms with Gasteiger partial charge in [0.2, 0.25) is 0 Å². The summed E-state index contributed by atoms with van der Waals surface area (Å²) in [6.07, 6.45) is 4.34. The van der Waals surface area contributed by atoms with Crippen molar-refractivity contribution in [1.29, 1.82) is 0 Å².